The van der Waals surface area contributed by atoms with Gasteiger partial charge in [-0.1, -0.05) is 0 Å². The molecule has 0 atom stereocenters. The van der Waals surface area contributed by atoms with Crippen LogP contribution in [0.2, 0.25) is 0 Å². The molecule has 1 heterocycles. The standard InChI is InChI=1S/C16H18N2O5/c1-10-12(5-6-23-10)16(19)18-17-9-11-7-13(20-2)15(22-4)14(8-11)21-3/h5-9H,1-4H3,(H,18,19)/b17-9+. The number of aryl methyl sites for hydroxylation is 1. The molecule has 1 amide bonds. The van der Waals surface area contributed by atoms with Crippen molar-refractivity contribution in [3.8, 4) is 17.2 Å². The van der Waals surface area contributed by atoms with E-state index in [9.17, 15) is 4.79 Å². The largest absolute Gasteiger partial charge is 0.493 e. The van der Waals surface area contributed by atoms with E-state index in [4.69, 9.17) is 18.6 Å². The Hall–Kier alpha value is -2.96. The number of hydrogen-bond acceptors (Lipinski definition) is 6. The number of hydrogen-bond donors (Lipinski definition) is 1. The number of amides is 1. The Bertz CT molecular complexity index is 696. The van der Waals surface area contributed by atoms with Gasteiger partial charge in [-0.25, -0.2) is 5.43 Å². The first-order chi connectivity index (χ1) is 11.1. The number of nitrogens with one attached hydrogen (secondary N) is 1. The van der Waals surface area contributed by atoms with Crippen LogP contribution in [0.1, 0.15) is 21.7 Å². The fourth-order valence-corrected chi connectivity index (χ4v) is 2.02. The molecule has 0 saturated heterocycles. The van der Waals surface area contributed by atoms with Gasteiger partial charge in [0.1, 0.15) is 5.76 Å². The maximum Gasteiger partial charge on any atom is 0.274 e. The lowest BCUT2D eigenvalue weighted by atomic mass is 10.2. The minimum Gasteiger partial charge on any atom is -0.493 e. The van der Waals surface area contributed by atoms with Crippen LogP contribution in [0.4, 0.5) is 0 Å². The van der Waals surface area contributed by atoms with Crippen molar-refractivity contribution in [2.75, 3.05) is 21.3 Å². The van der Waals surface area contributed by atoms with E-state index in [0.717, 1.165) is 0 Å². The third-order valence-corrected chi connectivity index (χ3v) is 3.17. The summed E-state index contributed by atoms with van der Waals surface area (Å²) in [6.45, 7) is 1.71. The van der Waals surface area contributed by atoms with Gasteiger partial charge in [-0.15, -0.1) is 0 Å². The lowest BCUT2D eigenvalue weighted by molar-refractivity contribution is 0.0953. The maximum atomic E-state index is 11.9. The van der Waals surface area contributed by atoms with Crippen molar-refractivity contribution in [2.24, 2.45) is 5.10 Å². The van der Waals surface area contributed by atoms with Crippen molar-refractivity contribution in [1.82, 2.24) is 5.43 Å². The molecule has 0 aliphatic rings. The summed E-state index contributed by atoms with van der Waals surface area (Å²) in [4.78, 5) is 11.9. The molecule has 0 aliphatic heterocycles. The molecule has 2 aromatic rings. The lowest BCUT2D eigenvalue weighted by Gasteiger charge is -2.12. The van der Waals surface area contributed by atoms with Crippen molar-refractivity contribution in [3.63, 3.8) is 0 Å². The average molecular weight is 318 g/mol. The predicted molar refractivity (Wildman–Crippen MR) is 84.6 cm³/mol. The van der Waals surface area contributed by atoms with Gasteiger partial charge in [-0.2, -0.15) is 5.10 Å². The summed E-state index contributed by atoms with van der Waals surface area (Å²) in [7, 11) is 4.59. The van der Waals surface area contributed by atoms with Crippen LogP contribution in [0, 0.1) is 6.92 Å². The normalized spacial score (nSPS) is 10.6. The number of ether oxygens (including phenoxy) is 3. The molecule has 122 valence electrons. The Kier molecular flexibility index (Phi) is 5.24. The molecule has 0 radical (unpaired) electrons. The summed E-state index contributed by atoms with van der Waals surface area (Å²) < 4.78 is 20.8. The van der Waals surface area contributed by atoms with Crippen LogP contribution in [0.25, 0.3) is 0 Å². The van der Waals surface area contributed by atoms with Gasteiger partial charge >= 0.3 is 0 Å². The van der Waals surface area contributed by atoms with E-state index >= 15 is 0 Å². The van der Waals surface area contributed by atoms with Gasteiger partial charge in [0.25, 0.3) is 5.91 Å². The van der Waals surface area contributed by atoms with Gasteiger partial charge in [0, 0.05) is 5.56 Å². The second-order valence-electron chi connectivity index (χ2n) is 4.55. The van der Waals surface area contributed by atoms with Gasteiger partial charge in [-0.05, 0) is 25.1 Å². The average Bonchev–Trinajstić information content (AvgIpc) is 2.99. The molecule has 23 heavy (non-hydrogen) atoms. The van der Waals surface area contributed by atoms with Crippen LogP contribution in [0.5, 0.6) is 17.2 Å². The zero-order valence-corrected chi connectivity index (χ0v) is 13.4. The molecule has 0 spiro atoms. The van der Waals surface area contributed by atoms with Gasteiger partial charge in [0.15, 0.2) is 11.5 Å². The van der Waals surface area contributed by atoms with Crippen LogP contribution < -0.4 is 19.6 Å². The first-order valence-electron chi connectivity index (χ1n) is 6.78. The third kappa shape index (κ3) is 3.63. The minimum atomic E-state index is -0.347. The number of carbonyl (C=O) groups is 1. The highest BCUT2D eigenvalue weighted by atomic mass is 16.5. The van der Waals surface area contributed by atoms with Crippen molar-refractivity contribution < 1.29 is 23.4 Å². The van der Waals surface area contributed by atoms with Crippen molar-refractivity contribution in [2.45, 2.75) is 6.92 Å². The third-order valence-electron chi connectivity index (χ3n) is 3.17. The van der Waals surface area contributed by atoms with E-state index in [2.05, 4.69) is 10.5 Å². The molecule has 0 bridgehead atoms. The van der Waals surface area contributed by atoms with E-state index < -0.39 is 0 Å². The summed E-state index contributed by atoms with van der Waals surface area (Å²) in [5.74, 6) is 1.69. The lowest BCUT2D eigenvalue weighted by Crippen LogP contribution is -2.17. The molecular weight excluding hydrogens is 300 g/mol. The molecule has 0 saturated carbocycles. The highest BCUT2D eigenvalue weighted by Gasteiger charge is 2.13. The number of rotatable bonds is 6. The summed E-state index contributed by atoms with van der Waals surface area (Å²) in [5, 5.41) is 3.93. The SMILES string of the molecule is COc1cc(/C=N/NC(=O)c2ccoc2C)cc(OC)c1OC. The molecule has 7 nitrogen and oxygen atoms in total. The number of hydrazone groups is 1. The fraction of sp³-hybridized carbons (Fsp3) is 0.250. The highest BCUT2D eigenvalue weighted by molar-refractivity contribution is 5.95. The number of furan rings is 1. The van der Waals surface area contributed by atoms with E-state index in [1.807, 2.05) is 0 Å². The van der Waals surface area contributed by atoms with Crippen LogP contribution >= 0.6 is 0 Å². The zero-order chi connectivity index (χ0) is 16.8. The van der Waals surface area contributed by atoms with E-state index in [1.165, 1.54) is 33.8 Å². The topological polar surface area (TPSA) is 82.3 Å². The first-order valence-corrected chi connectivity index (χ1v) is 6.78. The van der Waals surface area contributed by atoms with Crippen LogP contribution in [-0.2, 0) is 0 Å². The molecule has 1 N–H and O–H groups in total. The second kappa shape index (κ2) is 7.35. The van der Waals surface area contributed by atoms with Gasteiger partial charge in [0.2, 0.25) is 5.75 Å². The number of methoxy groups -OCH3 is 3. The Morgan fingerprint density at radius 1 is 1.17 bits per heavy atom. The first kappa shape index (κ1) is 16.4. The van der Waals surface area contributed by atoms with E-state index in [1.54, 1.807) is 25.1 Å². The maximum absolute atomic E-state index is 11.9. The fourth-order valence-electron chi connectivity index (χ4n) is 2.02. The number of carbonyl (C=O) groups excluding carboxylic acids is 1. The predicted octanol–water partition coefficient (Wildman–Crippen LogP) is 2.38. The van der Waals surface area contributed by atoms with Crippen LogP contribution in [0.15, 0.2) is 34.0 Å². The van der Waals surface area contributed by atoms with E-state index in [0.29, 0.717) is 34.1 Å². The number of benzene rings is 1. The molecule has 0 unspecified atom stereocenters. The Morgan fingerprint density at radius 3 is 2.30 bits per heavy atom. The van der Waals surface area contributed by atoms with Gasteiger partial charge in [0.05, 0.1) is 39.4 Å². The van der Waals surface area contributed by atoms with Gasteiger partial charge < -0.3 is 18.6 Å². The van der Waals surface area contributed by atoms with Crippen molar-refractivity contribution in [1.29, 1.82) is 0 Å². The molecular formula is C16H18N2O5. The van der Waals surface area contributed by atoms with Crippen molar-refractivity contribution >= 4 is 12.1 Å². The molecule has 1 aromatic heterocycles. The molecule has 7 heteroatoms. The summed E-state index contributed by atoms with van der Waals surface area (Å²) in [5.41, 5.74) is 3.56. The smallest absolute Gasteiger partial charge is 0.274 e. The Labute approximate surface area is 133 Å². The molecule has 0 aliphatic carbocycles. The molecule has 1 aromatic carbocycles. The second-order valence-corrected chi connectivity index (χ2v) is 4.55. The summed E-state index contributed by atoms with van der Waals surface area (Å²) in [6, 6.07) is 5.03. The summed E-state index contributed by atoms with van der Waals surface area (Å²) in [6.07, 6.45) is 2.94. The molecule has 0 fully saturated rings. The highest BCUT2D eigenvalue weighted by Crippen LogP contribution is 2.37. The minimum absolute atomic E-state index is 0.347. The number of nitrogens with zero attached hydrogens (tertiary/aromatic N) is 1. The van der Waals surface area contributed by atoms with Crippen LogP contribution in [-0.4, -0.2) is 33.5 Å². The Morgan fingerprint density at radius 2 is 1.83 bits per heavy atom. The zero-order valence-electron chi connectivity index (χ0n) is 13.4. The van der Waals surface area contributed by atoms with Crippen molar-refractivity contribution in [3.05, 3.63) is 41.3 Å². The Balaban J connectivity index is 2.16. The van der Waals surface area contributed by atoms with E-state index in [-0.39, 0.29) is 5.91 Å². The monoisotopic (exact) mass is 318 g/mol. The van der Waals surface area contributed by atoms with Crippen LogP contribution in [0.3, 0.4) is 0 Å². The quantitative estimate of drug-likeness (QED) is 0.653. The summed E-state index contributed by atoms with van der Waals surface area (Å²) >= 11 is 0. The molecule has 2 rings (SSSR count). The van der Waals surface area contributed by atoms with Gasteiger partial charge in [-0.3, -0.25) is 4.79 Å².